The van der Waals surface area contributed by atoms with Gasteiger partial charge >= 0.3 is 0 Å². The van der Waals surface area contributed by atoms with Gasteiger partial charge in [0.15, 0.2) is 0 Å². The van der Waals surface area contributed by atoms with E-state index in [-0.39, 0.29) is 18.1 Å². The van der Waals surface area contributed by atoms with E-state index in [1.807, 2.05) is 0 Å². The minimum atomic E-state index is -0.773. The van der Waals surface area contributed by atoms with Crippen LogP contribution in [0, 0.1) is 11.6 Å². The lowest BCUT2D eigenvalue weighted by molar-refractivity contribution is -0.123. The van der Waals surface area contributed by atoms with Crippen LogP contribution in [0.3, 0.4) is 0 Å². The number of benzene rings is 1. The van der Waals surface area contributed by atoms with Crippen LogP contribution in [-0.4, -0.2) is 17.5 Å². The molecule has 0 fully saturated rings. The van der Waals surface area contributed by atoms with E-state index >= 15 is 0 Å². The second kappa shape index (κ2) is 6.47. The first-order chi connectivity index (χ1) is 7.01. The SMILES string of the molecule is CC(=O)Nc1ccc(F)cc1F.O=CO. The highest BCUT2D eigenvalue weighted by atomic mass is 19.1. The number of anilines is 1. The Morgan fingerprint density at radius 1 is 1.47 bits per heavy atom. The van der Waals surface area contributed by atoms with E-state index in [2.05, 4.69) is 5.32 Å². The molecule has 2 N–H and O–H groups in total. The number of amides is 1. The molecule has 0 spiro atoms. The van der Waals surface area contributed by atoms with Crippen LogP contribution in [0.25, 0.3) is 0 Å². The molecule has 0 aromatic heterocycles. The minimum Gasteiger partial charge on any atom is -0.483 e. The van der Waals surface area contributed by atoms with Crippen molar-refractivity contribution >= 4 is 18.1 Å². The summed E-state index contributed by atoms with van der Waals surface area (Å²) in [6.45, 7) is 1.00. The number of carbonyl (C=O) groups is 2. The van der Waals surface area contributed by atoms with Crippen molar-refractivity contribution in [2.75, 3.05) is 5.32 Å². The number of rotatable bonds is 1. The topological polar surface area (TPSA) is 66.4 Å². The summed E-state index contributed by atoms with van der Waals surface area (Å²) < 4.78 is 25.1. The van der Waals surface area contributed by atoms with Crippen molar-refractivity contribution in [3.05, 3.63) is 29.8 Å². The first-order valence-corrected chi connectivity index (χ1v) is 3.81. The maximum Gasteiger partial charge on any atom is 0.290 e. The van der Waals surface area contributed by atoms with Crippen LogP contribution < -0.4 is 5.32 Å². The summed E-state index contributed by atoms with van der Waals surface area (Å²) in [5, 5.41) is 9.11. The third-order valence-electron chi connectivity index (χ3n) is 1.24. The van der Waals surface area contributed by atoms with Crippen LogP contribution in [0.4, 0.5) is 14.5 Å². The molecule has 0 aliphatic carbocycles. The number of carboxylic acid groups (broad SMARTS) is 1. The van der Waals surface area contributed by atoms with Crippen LogP contribution >= 0.6 is 0 Å². The number of nitrogens with one attached hydrogen (secondary N) is 1. The van der Waals surface area contributed by atoms with Crippen molar-refractivity contribution < 1.29 is 23.5 Å². The fourth-order valence-electron chi connectivity index (χ4n) is 0.780. The zero-order valence-corrected chi connectivity index (χ0v) is 7.83. The van der Waals surface area contributed by atoms with Gasteiger partial charge in [0.1, 0.15) is 11.6 Å². The molecule has 4 nitrogen and oxygen atoms in total. The molecule has 1 rings (SSSR count). The zero-order valence-electron chi connectivity index (χ0n) is 7.83. The van der Waals surface area contributed by atoms with Crippen molar-refractivity contribution in [3.8, 4) is 0 Å². The summed E-state index contributed by atoms with van der Waals surface area (Å²) in [4.78, 5) is 18.8. The predicted molar refractivity (Wildman–Crippen MR) is 49.4 cm³/mol. The van der Waals surface area contributed by atoms with E-state index in [0.717, 1.165) is 6.07 Å². The number of hydrogen-bond donors (Lipinski definition) is 2. The predicted octanol–water partition coefficient (Wildman–Crippen LogP) is 1.62. The summed E-state index contributed by atoms with van der Waals surface area (Å²) >= 11 is 0. The van der Waals surface area contributed by atoms with Gasteiger partial charge in [0.25, 0.3) is 6.47 Å². The molecular weight excluding hydrogens is 208 g/mol. The Kier molecular flexibility index (Phi) is 5.62. The first-order valence-electron chi connectivity index (χ1n) is 3.81. The van der Waals surface area contributed by atoms with E-state index in [1.54, 1.807) is 0 Å². The maximum atomic E-state index is 12.8. The van der Waals surface area contributed by atoms with Crippen molar-refractivity contribution in [3.63, 3.8) is 0 Å². The smallest absolute Gasteiger partial charge is 0.290 e. The standard InChI is InChI=1S/C8H7F2NO.CH2O2/c1-5(12)11-8-3-2-6(9)4-7(8)10;2-1-3/h2-4H,1H3,(H,11,12);1H,(H,2,3). The summed E-state index contributed by atoms with van der Waals surface area (Å²) in [5.41, 5.74) is -0.0103. The van der Waals surface area contributed by atoms with E-state index < -0.39 is 11.6 Å². The van der Waals surface area contributed by atoms with Gasteiger partial charge < -0.3 is 10.4 Å². The fraction of sp³-hybridized carbons (Fsp3) is 0.111. The molecule has 1 amide bonds. The highest BCUT2D eigenvalue weighted by Gasteiger charge is 2.03. The molecule has 0 aliphatic heterocycles. The van der Waals surface area contributed by atoms with Crippen LogP contribution in [0.1, 0.15) is 6.92 Å². The van der Waals surface area contributed by atoms with Crippen LogP contribution in [0.2, 0.25) is 0 Å². The van der Waals surface area contributed by atoms with Gasteiger partial charge in [0.2, 0.25) is 5.91 Å². The van der Waals surface area contributed by atoms with Crippen molar-refractivity contribution in [2.45, 2.75) is 6.92 Å². The van der Waals surface area contributed by atoms with Gasteiger partial charge in [-0.15, -0.1) is 0 Å². The Labute approximate surface area is 84.5 Å². The Morgan fingerprint density at radius 2 is 2.00 bits per heavy atom. The van der Waals surface area contributed by atoms with Crippen molar-refractivity contribution in [1.29, 1.82) is 0 Å². The van der Waals surface area contributed by atoms with Gasteiger partial charge in [0.05, 0.1) is 5.69 Å². The normalized spacial score (nSPS) is 8.47. The van der Waals surface area contributed by atoms with Gasteiger partial charge in [0, 0.05) is 13.0 Å². The lowest BCUT2D eigenvalue weighted by atomic mass is 10.3. The number of hydrogen-bond acceptors (Lipinski definition) is 2. The molecule has 0 radical (unpaired) electrons. The van der Waals surface area contributed by atoms with E-state index in [4.69, 9.17) is 9.90 Å². The molecule has 1 aromatic rings. The van der Waals surface area contributed by atoms with Crippen molar-refractivity contribution in [1.82, 2.24) is 0 Å². The fourth-order valence-corrected chi connectivity index (χ4v) is 0.780. The van der Waals surface area contributed by atoms with Gasteiger partial charge in [-0.1, -0.05) is 0 Å². The minimum absolute atomic E-state index is 0.0103. The third-order valence-corrected chi connectivity index (χ3v) is 1.24. The second-order valence-electron chi connectivity index (χ2n) is 2.41. The Morgan fingerprint density at radius 3 is 2.40 bits per heavy atom. The average Bonchev–Trinajstić information content (AvgIpc) is 2.11. The Hall–Kier alpha value is -1.98. The highest BCUT2D eigenvalue weighted by Crippen LogP contribution is 2.14. The Balaban J connectivity index is 0.000000583. The average molecular weight is 217 g/mol. The molecule has 0 unspecified atom stereocenters. The van der Waals surface area contributed by atoms with E-state index in [1.165, 1.54) is 13.0 Å². The molecule has 0 heterocycles. The lowest BCUT2D eigenvalue weighted by Gasteiger charge is -2.02. The highest BCUT2D eigenvalue weighted by molar-refractivity contribution is 5.88. The Bertz CT molecular complexity index is 355. The molecule has 6 heteroatoms. The van der Waals surface area contributed by atoms with Crippen LogP contribution in [0.5, 0.6) is 0 Å². The van der Waals surface area contributed by atoms with Crippen LogP contribution in [0.15, 0.2) is 18.2 Å². The van der Waals surface area contributed by atoms with Gasteiger partial charge in [-0.05, 0) is 12.1 Å². The number of halogens is 2. The van der Waals surface area contributed by atoms with E-state index in [9.17, 15) is 13.6 Å². The summed E-state index contributed by atoms with van der Waals surface area (Å²) in [7, 11) is 0. The molecule has 0 saturated carbocycles. The molecule has 0 bridgehead atoms. The van der Waals surface area contributed by atoms with Gasteiger partial charge in [-0.3, -0.25) is 9.59 Å². The van der Waals surface area contributed by atoms with E-state index in [0.29, 0.717) is 6.07 Å². The largest absolute Gasteiger partial charge is 0.483 e. The molecular formula is C9H9F2NO3. The molecule has 82 valence electrons. The first kappa shape index (κ1) is 13.0. The summed E-state index contributed by atoms with van der Waals surface area (Å²) in [6, 6.07) is 2.96. The monoisotopic (exact) mass is 217 g/mol. The maximum absolute atomic E-state index is 12.8. The summed E-state index contributed by atoms with van der Waals surface area (Å²) in [6.07, 6.45) is 0. The van der Waals surface area contributed by atoms with Crippen LogP contribution in [-0.2, 0) is 9.59 Å². The second-order valence-corrected chi connectivity index (χ2v) is 2.41. The lowest BCUT2D eigenvalue weighted by Crippen LogP contribution is -2.07. The third kappa shape index (κ3) is 5.35. The van der Waals surface area contributed by atoms with Gasteiger partial charge in [-0.2, -0.15) is 0 Å². The molecule has 15 heavy (non-hydrogen) atoms. The van der Waals surface area contributed by atoms with Crippen molar-refractivity contribution in [2.24, 2.45) is 0 Å². The zero-order chi connectivity index (χ0) is 11.8. The molecule has 0 atom stereocenters. The quantitative estimate of drug-likeness (QED) is 0.702. The summed E-state index contributed by atoms with van der Waals surface area (Å²) in [5.74, 6) is -1.83. The molecule has 1 aromatic carbocycles. The molecule has 0 aliphatic rings. The van der Waals surface area contributed by atoms with Gasteiger partial charge in [-0.25, -0.2) is 8.78 Å². The number of carbonyl (C=O) groups excluding carboxylic acids is 1. The molecule has 0 saturated heterocycles.